The fourth-order valence-electron chi connectivity index (χ4n) is 1.63. The SMILES string of the molecule is CNC(C)c1nnc(N(C)Cc2ccccc2Cl)o1. The summed E-state index contributed by atoms with van der Waals surface area (Å²) in [4.78, 5) is 1.88. The van der Waals surface area contributed by atoms with Crippen LogP contribution < -0.4 is 10.2 Å². The van der Waals surface area contributed by atoms with Crippen molar-refractivity contribution in [2.75, 3.05) is 19.0 Å². The van der Waals surface area contributed by atoms with Crippen LogP contribution in [0.2, 0.25) is 5.02 Å². The highest BCUT2D eigenvalue weighted by atomic mass is 35.5. The molecule has 2 rings (SSSR count). The third-order valence-electron chi connectivity index (χ3n) is 2.93. The first-order chi connectivity index (χ1) is 9.11. The first-order valence-electron chi connectivity index (χ1n) is 6.07. The number of nitrogens with zero attached hydrogens (tertiary/aromatic N) is 3. The average molecular weight is 281 g/mol. The van der Waals surface area contributed by atoms with Crippen LogP contribution in [0.4, 0.5) is 6.01 Å². The highest BCUT2D eigenvalue weighted by Gasteiger charge is 2.15. The van der Waals surface area contributed by atoms with Gasteiger partial charge < -0.3 is 14.6 Å². The molecule has 0 bridgehead atoms. The molecule has 102 valence electrons. The topological polar surface area (TPSA) is 54.2 Å². The molecule has 19 heavy (non-hydrogen) atoms. The van der Waals surface area contributed by atoms with Crippen LogP contribution in [-0.4, -0.2) is 24.3 Å². The molecule has 1 heterocycles. The molecule has 0 fully saturated rings. The van der Waals surface area contributed by atoms with E-state index in [1.165, 1.54) is 0 Å². The highest BCUT2D eigenvalue weighted by molar-refractivity contribution is 6.31. The predicted molar refractivity (Wildman–Crippen MR) is 75.3 cm³/mol. The molecule has 2 aromatic rings. The monoisotopic (exact) mass is 280 g/mol. The van der Waals surface area contributed by atoms with Crippen LogP contribution in [-0.2, 0) is 6.54 Å². The van der Waals surface area contributed by atoms with E-state index in [1.807, 2.05) is 50.2 Å². The van der Waals surface area contributed by atoms with Crippen molar-refractivity contribution in [3.63, 3.8) is 0 Å². The fraction of sp³-hybridized carbons (Fsp3) is 0.385. The maximum atomic E-state index is 6.13. The molecule has 1 N–H and O–H groups in total. The Labute approximate surface area is 117 Å². The van der Waals surface area contributed by atoms with Gasteiger partial charge >= 0.3 is 6.01 Å². The second-order valence-corrected chi connectivity index (χ2v) is 4.79. The van der Waals surface area contributed by atoms with Gasteiger partial charge in [0.25, 0.3) is 0 Å². The second kappa shape index (κ2) is 6.04. The van der Waals surface area contributed by atoms with Crippen molar-refractivity contribution in [1.29, 1.82) is 0 Å². The highest BCUT2D eigenvalue weighted by Crippen LogP contribution is 2.21. The lowest BCUT2D eigenvalue weighted by atomic mass is 10.2. The second-order valence-electron chi connectivity index (χ2n) is 4.38. The van der Waals surface area contributed by atoms with Gasteiger partial charge in [0.2, 0.25) is 5.89 Å². The first-order valence-corrected chi connectivity index (χ1v) is 6.45. The van der Waals surface area contributed by atoms with E-state index in [0.717, 1.165) is 10.6 Å². The van der Waals surface area contributed by atoms with Gasteiger partial charge in [-0.3, -0.25) is 0 Å². The number of nitrogens with one attached hydrogen (secondary N) is 1. The van der Waals surface area contributed by atoms with Crippen molar-refractivity contribution in [3.05, 3.63) is 40.7 Å². The lowest BCUT2D eigenvalue weighted by Crippen LogP contribution is -2.17. The van der Waals surface area contributed by atoms with Crippen LogP contribution >= 0.6 is 11.6 Å². The third kappa shape index (κ3) is 3.24. The average Bonchev–Trinajstić information content (AvgIpc) is 2.90. The lowest BCUT2D eigenvalue weighted by molar-refractivity contribution is 0.432. The summed E-state index contributed by atoms with van der Waals surface area (Å²) >= 11 is 6.13. The molecule has 1 atom stereocenters. The third-order valence-corrected chi connectivity index (χ3v) is 3.29. The fourth-order valence-corrected chi connectivity index (χ4v) is 1.82. The molecule has 0 saturated heterocycles. The normalized spacial score (nSPS) is 12.4. The number of halogens is 1. The van der Waals surface area contributed by atoms with Crippen molar-refractivity contribution in [2.24, 2.45) is 0 Å². The number of benzene rings is 1. The van der Waals surface area contributed by atoms with Crippen LogP contribution in [0, 0.1) is 0 Å². The van der Waals surface area contributed by atoms with E-state index >= 15 is 0 Å². The smallest absolute Gasteiger partial charge is 0.318 e. The van der Waals surface area contributed by atoms with E-state index in [-0.39, 0.29) is 6.04 Å². The largest absolute Gasteiger partial charge is 0.406 e. The lowest BCUT2D eigenvalue weighted by Gasteiger charge is -2.14. The standard InChI is InChI=1S/C13H17ClN4O/c1-9(15-2)12-16-17-13(19-12)18(3)8-10-6-4-5-7-11(10)14/h4-7,9,15H,8H2,1-3H3. The molecule has 0 aliphatic heterocycles. The summed E-state index contributed by atoms with van der Waals surface area (Å²) in [5, 5.41) is 11.8. The summed E-state index contributed by atoms with van der Waals surface area (Å²) in [6.07, 6.45) is 0. The molecule has 0 radical (unpaired) electrons. The number of aromatic nitrogens is 2. The maximum absolute atomic E-state index is 6.13. The Balaban J connectivity index is 2.10. The molecule has 1 unspecified atom stereocenters. The van der Waals surface area contributed by atoms with Crippen molar-refractivity contribution >= 4 is 17.6 Å². The van der Waals surface area contributed by atoms with Gasteiger partial charge in [0.05, 0.1) is 6.04 Å². The van der Waals surface area contributed by atoms with Crippen LogP contribution in [0.25, 0.3) is 0 Å². The first kappa shape index (κ1) is 13.8. The minimum Gasteiger partial charge on any atom is -0.406 e. The van der Waals surface area contributed by atoms with E-state index in [9.17, 15) is 0 Å². The molecule has 1 aromatic carbocycles. The Bertz CT molecular complexity index is 543. The summed E-state index contributed by atoms with van der Waals surface area (Å²) < 4.78 is 5.61. The molecular weight excluding hydrogens is 264 g/mol. The predicted octanol–water partition coefficient (Wildman–Crippen LogP) is 2.64. The van der Waals surface area contributed by atoms with Gasteiger partial charge in [0.15, 0.2) is 0 Å². The summed E-state index contributed by atoms with van der Waals surface area (Å²) in [5.41, 5.74) is 1.02. The summed E-state index contributed by atoms with van der Waals surface area (Å²) in [5.74, 6) is 0.573. The van der Waals surface area contributed by atoms with Crippen LogP contribution in [0.1, 0.15) is 24.4 Å². The number of hydrogen-bond acceptors (Lipinski definition) is 5. The molecular formula is C13H17ClN4O. The number of hydrogen-bond donors (Lipinski definition) is 1. The molecule has 6 heteroatoms. The van der Waals surface area contributed by atoms with Gasteiger partial charge in [-0.25, -0.2) is 0 Å². The Kier molecular flexibility index (Phi) is 4.39. The van der Waals surface area contributed by atoms with Crippen LogP contribution in [0.3, 0.4) is 0 Å². The Hall–Kier alpha value is -1.59. The van der Waals surface area contributed by atoms with Crippen molar-refractivity contribution in [2.45, 2.75) is 19.5 Å². The maximum Gasteiger partial charge on any atom is 0.318 e. The number of anilines is 1. The Morgan fingerprint density at radius 3 is 2.79 bits per heavy atom. The van der Waals surface area contributed by atoms with Gasteiger partial charge in [-0.15, -0.1) is 5.10 Å². The molecule has 1 aromatic heterocycles. The quantitative estimate of drug-likeness (QED) is 0.912. The minimum absolute atomic E-state index is 0.0370. The van der Waals surface area contributed by atoms with E-state index < -0.39 is 0 Å². The molecule has 0 amide bonds. The molecule has 5 nitrogen and oxygen atoms in total. The molecule has 0 saturated carbocycles. The Morgan fingerprint density at radius 1 is 1.37 bits per heavy atom. The molecule has 0 spiro atoms. The van der Waals surface area contributed by atoms with E-state index in [4.69, 9.17) is 16.0 Å². The van der Waals surface area contributed by atoms with Crippen molar-refractivity contribution < 1.29 is 4.42 Å². The molecule has 0 aliphatic rings. The van der Waals surface area contributed by atoms with E-state index in [2.05, 4.69) is 15.5 Å². The minimum atomic E-state index is 0.0370. The zero-order valence-corrected chi connectivity index (χ0v) is 12.0. The zero-order chi connectivity index (χ0) is 13.8. The van der Waals surface area contributed by atoms with Gasteiger partial charge in [-0.1, -0.05) is 34.9 Å². The summed E-state index contributed by atoms with van der Waals surface area (Å²) in [6.45, 7) is 2.58. The summed E-state index contributed by atoms with van der Waals surface area (Å²) in [6, 6.07) is 8.23. The number of rotatable bonds is 5. The van der Waals surface area contributed by atoms with Gasteiger partial charge in [-0.05, 0) is 25.6 Å². The molecule has 0 aliphatic carbocycles. The Morgan fingerprint density at radius 2 is 2.11 bits per heavy atom. The van der Waals surface area contributed by atoms with Crippen molar-refractivity contribution in [1.82, 2.24) is 15.5 Å². The summed E-state index contributed by atoms with van der Waals surface area (Å²) in [7, 11) is 3.74. The van der Waals surface area contributed by atoms with E-state index in [0.29, 0.717) is 18.5 Å². The van der Waals surface area contributed by atoms with Crippen LogP contribution in [0.15, 0.2) is 28.7 Å². The van der Waals surface area contributed by atoms with E-state index in [1.54, 1.807) is 0 Å². The van der Waals surface area contributed by atoms with Crippen LogP contribution in [0.5, 0.6) is 0 Å². The van der Waals surface area contributed by atoms with Gasteiger partial charge in [0.1, 0.15) is 0 Å². The van der Waals surface area contributed by atoms with Gasteiger partial charge in [0, 0.05) is 18.6 Å². The zero-order valence-electron chi connectivity index (χ0n) is 11.2. The van der Waals surface area contributed by atoms with Gasteiger partial charge in [-0.2, -0.15) is 0 Å². The van der Waals surface area contributed by atoms with Crippen molar-refractivity contribution in [3.8, 4) is 0 Å².